The number of carbonyl (C=O) groups excluding carboxylic acids is 3. The molecule has 2 aliphatic heterocycles. The van der Waals surface area contributed by atoms with E-state index < -0.39 is 41.5 Å². The van der Waals surface area contributed by atoms with Crippen LogP contribution in [0.5, 0.6) is 5.75 Å². The number of primary amides is 1. The minimum atomic E-state index is -1.52. The minimum absolute atomic E-state index is 0.124. The fourth-order valence-corrected chi connectivity index (χ4v) is 4.25. The molecule has 3 aliphatic rings. The molecule has 0 aromatic carbocycles. The summed E-state index contributed by atoms with van der Waals surface area (Å²) in [6, 6.07) is 1.27. The maximum atomic E-state index is 13.4. The van der Waals surface area contributed by atoms with Gasteiger partial charge in [-0.05, 0) is 24.5 Å². The van der Waals surface area contributed by atoms with Gasteiger partial charge in [0.1, 0.15) is 23.5 Å². The number of carbonyl (C=O) groups is 4. The second kappa shape index (κ2) is 7.71. The number of fused-ring (bicyclic) bond motifs is 1. The van der Waals surface area contributed by atoms with Gasteiger partial charge in [-0.3, -0.25) is 24.3 Å². The molecule has 0 radical (unpaired) electrons. The molecule has 11 nitrogen and oxygen atoms in total. The molecule has 31 heavy (non-hydrogen) atoms. The van der Waals surface area contributed by atoms with Crippen LogP contribution in [0.3, 0.4) is 0 Å². The van der Waals surface area contributed by atoms with E-state index in [1.165, 1.54) is 11.9 Å². The molecule has 0 bridgehead atoms. The van der Waals surface area contributed by atoms with Crippen molar-refractivity contribution < 1.29 is 29.0 Å². The van der Waals surface area contributed by atoms with Gasteiger partial charge in [0.2, 0.25) is 17.4 Å². The van der Waals surface area contributed by atoms with Gasteiger partial charge in [-0.2, -0.15) is 0 Å². The van der Waals surface area contributed by atoms with Gasteiger partial charge in [0.15, 0.2) is 0 Å². The van der Waals surface area contributed by atoms with Gasteiger partial charge in [-0.25, -0.2) is 4.79 Å². The first-order chi connectivity index (χ1) is 14.7. The first-order valence-corrected chi connectivity index (χ1v) is 10.2. The smallest absolute Gasteiger partial charge is 0.407 e. The summed E-state index contributed by atoms with van der Waals surface area (Å²) in [5.41, 5.74) is 4.60. The Labute approximate surface area is 178 Å². The summed E-state index contributed by atoms with van der Waals surface area (Å²) in [7, 11) is 1.33. The molecule has 166 valence electrons. The van der Waals surface area contributed by atoms with Gasteiger partial charge in [0, 0.05) is 19.7 Å². The number of hydrogen-bond acceptors (Lipinski definition) is 6. The van der Waals surface area contributed by atoms with Crippen molar-refractivity contribution in [2.75, 3.05) is 13.6 Å². The molecule has 11 heteroatoms. The number of aromatic nitrogens is 1. The van der Waals surface area contributed by atoms with Gasteiger partial charge in [0.25, 0.3) is 5.91 Å². The van der Waals surface area contributed by atoms with Crippen LogP contribution in [0.2, 0.25) is 0 Å². The Morgan fingerprint density at radius 2 is 2.19 bits per heavy atom. The number of carboxylic acid groups (broad SMARTS) is 1. The lowest BCUT2D eigenvalue weighted by Gasteiger charge is -2.32. The fraction of sp³-hybridized carbons (Fsp3) is 0.550. The van der Waals surface area contributed by atoms with E-state index >= 15 is 0 Å². The zero-order valence-electron chi connectivity index (χ0n) is 17.1. The number of pyridine rings is 1. The second-order valence-corrected chi connectivity index (χ2v) is 8.40. The van der Waals surface area contributed by atoms with Crippen molar-refractivity contribution in [1.29, 1.82) is 0 Å². The highest BCUT2D eigenvalue weighted by molar-refractivity contribution is 5.95. The highest BCUT2D eigenvalue weighted by Gasteiger charge is 2.57. The van der Waals surface area contributed by atoms with E-state index in [2.05, 4.69) is 10.3 Å². The van der Waals surface area contributed by atoms with Crippen LogP contribution in [-0.4, -0.2) is 75.0 Å². The number of nitrogens with one attached hydrogen (secondary N) is 1. The number of amides is 4. The number of hydrogen-bond donors (Lipinski definition) is 3. The Morgan fingerprint density at radius 1 is 1.45 bits per heavy atom. The van der Waals surface area contributed by atoms with Crippen LogP contribution in [0.4, 0.5) is 4.79 Å². The molecule has 4 N–H and O–H groups in total. The molecular formula is C20H25N5O6. The van der Waals surface area contributed by atoms with Crippen molar-refractivity contribution in [2.24, 2.45) is 11.7 Å². The monoisotopic (exact) mass is 431 g/mol. The van der Waals surface area contributed by atoms with Crippen molar-refractivity contribution in [3.8, 4) is 5.75 Å². The summed E-state index contributed by atoms with van der Waals surface area (Å²) >= 11 is 0. The van der Waals surface area contributed by atoms with Crippen molar-refractivity contribution in [2.45, 2.75) is 49.9 Å². The largest absolute Gasteiger partial charge is 0.473 e. The van der Waals surface area contributed by atoms with Gasteiger partial charge in [-0.1, -0.05) is 12.8 Å². The molecule has 2 fully saturated rings. The van der Waals surface area contributed by atoms with E-state index in [1.54, 1.807) is 18.3 Å². The molecule has 1 aromatic rings. The third kappa shape index (κ3) is 3.87. The third-order valence-corrected chi connectivity index (χ3v) is 6.23. The maximum absolute atomic E-state index is 13.4. The summed E-state index contributed by atoms with van der Waals surface area (Å²) in [6.07, 6.45) is 2.42. The van der Waals surface area contributed by atoms with E-state index in [0.717, 1.165) is 17.7 Å². The summed E-state index contributed by atoms with van der Waals surface area (Å²) in [5.74, 6) is -1.16. The van der Waals surface area contributed by atoms with Crippen molar-refractivity contribution in [3.63, 3.8) is 0 Å². The van der Waals surface area contributed by atoms with Crippen LogP contribution in [0.15, 0.2) is 18.3 Å². The third-order valence-electron chi connectivity index (χ3n) is 6.23. The van der Waals surface area contributed by atoms with Crippen LogP contribution in [0.25, 0.3) is 0 Å². The summed E-state index contributed by atoms with van der Waals surface area (Å²) in [6.45, 7) is -0.0633. The van der Waals surface area contributed by atoms with Crippen LogP contribution in [-0.2, 0) is 20.9 Å². The van der Waals surface area contributed by atoms with Gasteiger partial charge in [0.05, 0.1) is 13.1 Å². The fourth-order valence-electron chi connectivity index (χ4n) is 4.25. The summed E-state index contributed by atoms with van der Waals surface area (Å²) in [4.78, 5) is 56.6. The van der Waals surface area contributed by atoms with Crippen LogP contribution < -0.4 is 15.8 Å². The highest BCUT2D eigenvalue weighted by Crippen LogP contribution is 2.38. The van der Waals surface area contributed by atoms with E-state index in [9.17, 15) is 24.3 Å². The zero-order valence-corrected chi connectivity index (χ0v) is 17.1. The van der Waals surface area contributed by atoms with E-state index in [4.69, 9.17) is 10.5 Å². The predicted molar refractivity (Wildman–Crippen MR) is 106 cm³/mol. The maximum Gasteiger partial charge on any atom is 0.407 e. The zero-order chi connectivity index (χ0) is 22.3. The number of likely N-dealkylation sites (tertiary alicyclic amines) is 1. The number of rotatable bonds is 5. The molecule has 0 unspecified atom stereocenters. The van der Waals surface area contributed by atoms with Crippen LogP contribution >= 0.6 is 0 Å². The molecule has 3 heterocycles. The predicted octanol–water partition coefficient (Wildman–Crippen LogP) is -0.306. The number of nitrogens with two attached hydrogens (primary N) is 1. The normalized spacial score (nSPS) is 25.8. The first kappa shape index (κ1) is 20.9. The molecule has 1 aliphatic carbocycles. The van der Waals surface area contributed by atoms with Crippen molar-refractivity contribution in [3.05, 3.63) is 24.0 Å². The molecular weight excluding hydrogens is 406 g/mol. The van der Waals surface area contributed by atoms with E-state index in [0.29, 0.717) is 17.9 Å². The van der Waals surface area contributed by atoms with Gasteiger partial charge >= 0.3 is 6.09 Å². The van der Waals surface area contributed by atoms with E-state index in [1.807, 2.05) is 0 Å². The average Bonchev–Trinajstić information content (AvgIpc) is 3.49. The van der Waals surface area contributed by atoms with Gasteiger partial charge in [-0.15, -0.1) is 0 Å². The standard InChI is InChI=1S/C20H25N5O6/c1-24(19(29)30)13(7-11-4-5-11)17(27)25-10-20(8-14(25)16(21)26)18(28)23-9-12-15(31-20)3-2-6-22-12/h2-3,6,11,13-14H,4-5,7-10H2,1H3,(H2,21,26)(H,23,28)(H,29,30)/t13-,14-,20+/m0/s1. The molecule has 1 spiro atoms. The van der Waals surface area contributed by atoms with Crippen molar-refractivity contribution >= 4 is 23.8 Å². The quantitative estimate of drug-likeness (QED) is 0.578. The highest BCUT2D eigenvalue weighted by atomic mass is 16.5. The van der Waals surface area contributed by atoms with E-state index in [-0.39, 0.29) is 25.4 Å². The lowest BCUT2D eigenvalue weighted by atomic mass is 9.98. The number of nitrogens with zero attached hydrogens (tertiary/aromatic N) is 3. The molecule has 1 saturated carbocycles. The Hall–Kier alpha value is -3.37. The van der Waals surface area contributed by atoms with Crippen molar-refractivity contribution in [1.82, 2.24) is 20.1 Å². The molecule has 1 saturated heterocycles. The Balaban J connectivity index is 1.66. The average molecular weight is 431 g/mol. The molecule has 4 amide bonds. The Morgan fingerprint density at radius 3 is 2.84 bits per heavy atom. The van der Waals surface area contributed by atoms with Gasteiger partial charge < -0.3 is 25.8 Å². The number of ether oxygens (including phenoxy) is 1. The topological polar surface area (TPSA) is 155 Å². The molecule has 4 rings (SSSR count). The summed E-state index contributed by atoms with van der Waals surface area (Å²) < 4.78 is 6.05. The van der Waals surface area contributed by atoms with Crippen LogP contribution in [0.1, 0.15) is 31.4 Å². The first-order valence-electron chi connectivity index (χ1n) is 10.2. The minimum Gasteiger partial charge on any atom is -0.473 e. The Kier molecular flexibility index (Phi) is 5.19. The SMILES string of the molecule is CN(C(=O)O)[C@@H](CC1CC1)C(=O)N1C[C@@]2(C[C@H]1C(N)=O)Oc1cccnc1CNC2=O. The summed E-state index contributed by atoms with van der Waals surface area (Å²) in [5, 5.41) is 12.2. The molecule has 3 atom stereocenters. The lowest BCUT2D eigenvalue weighted by molar-refractivity contribution is -0.142. The molecule has 1 aromatic heterocycles. The van der Waals surface area contributed by atoms with Crippen LogP contribution in [0, 0.1) is 5.92 Å². The lowest BCUT2D eigenvalue weighted by Crippen LogP contribution is -2.55. The Bertz CT molecular complexity index is 934. The second-order valence-electron chi connectivity index (χ2n) is 8.40. The number of likely N-dealkylation sites (N-methyl/N-ethyl adjacent to an activating group) is 1.